The number of hydrogen-bond donors (Lipinski definition) is 2. The van der Waals surface area contributed by atoms with Crippen molar-refractivity contribution in [2.75, 3.05) is 32.0 Å². The zero-order valence-corrected chi connectivity index (χ0v) is 14.2. The summed E-state index contributed by atoms with van der Waals surface area (Å²) >= 11 is 0. The van der Waals surface area contributed by atoms with E-state index >= 15 is 0 Å². The Morgan fingerprint density at radius 2 is 2.25 bits per heavy atom. The van der Waals surface area contributed by atoms with Gasteiger partial charge in [-0.2, -0.15) is 0 Å². The second kappa shape index (κ2) is 8.08. The molecule has 5 nitrogen and oxygen atoms in total. The highest BCUT2D eigenvalue weighted by atomic mass is 127. The van der Waals surface area contributed by atoms with E-state index in [4.69, 9.17) is 0 Å². The van der Waals surface area contributed by atoms with Crippen LogP contribution in [0.25, 0.3) is 0 Å². The van der Waals surface area contributed by atoms with Crippen LogP contribution in [0.3, 0.4) is 0 Å². The predicted molar refractivity (Wildman–Crippen MR) is 92.8 cm³/mol. The average molecular weight is 388 g/mol. The van der Waals surface area contributed by atoms with Gasteiger partial charge in [-0.25, -0.2) is 0 Å². The molecule has 0 aromatic heterocycles. The SMILES string of the molecule is CCc1cccc(NC(=O)CNC2=NCCN2C)c1.I. The third-order valence-electron chi connectivity index (χ3n) is 3.08. The van der Waals surface area contributed by atoms with Crippen molar-refractivity contribution in [2.24, 2.45) is 4.99 Å². The second-order valence-electron chi connectivity index (χ2n) is 4.58. The fraction of sp³-hybridized carbons (Fsp3) is 0.429. The number of anilines is 1. The van der Waals surface area contributed by atoms with E-state index in [1.807, 2.05) is 30.1 Å². The van der Waals surface area contributed by atoms with E-state index in [1.165, 1.54) is 5.56 Å². The maximum Gasteiger partial charge on any atom is 0.243 e. The van der Waals surface area contributed by atoms with Crippen molar-refractivity contribution in [3.8, 4) is 0 Å². The predicted octanol–water partition coefficient (Wildman–Crippen LogP) is 1.70. The first kappa shape index (κ1) is 16.7. The first-order valence-corrected chi connectivity index (χ1v) is 6.57. The normalized spacial score (nSPS) is 13.5. The number of amides is 1. The van der Waals surface area contributed by atoms with Crippen molar-refractivity contribution in [3.05, 3.63) is 29.8 Å². The Kier molecular flexibility index (Phi) is 6.77. The van der Waals surface area contributed by atoms with E-state index in [-0.39, 0.29) is 36.4 Å². The monoisotopic (exact) mass is 388 g/mol. The molecule has 0 aliphatic carbocycles. The van der Waals surface area contributed by atoms with Crippen LogP contribution in [0.1, 0.15) is 12.5 Å². The Morgan fingerprint density at radius 1 is 1.45 bits per heavy atom. The maximum absolute atomic E-state index is 11.8. The van der Waals surface area contributed by atoms with Gasteiger partial charge in [0, 0.05) is 19.3 Å². The van der Waals surface area contributed by atoms with Crippen molar-refractivity contribution in [1.82, 2.24) is 10.2 Å². The fourth-order valence-corrected chi connectivity index (χ4v) is 1.96. The van der Waals surface area contributed by atoms with Gasteiger partial charge in [-0.05, 0) is 24.1 Å². The molecule has 0 fully saturated rings. The van der Waals surface area contributed by atoms with Gasteiger partial charge in [-0.15, -0.1) is 24.0 Å². The number of aliphatic imine (C=N–C) groups is 1. The highest BCUT2D eigenvalue weighted by Crippen LogP contribution is 2.10. The molecular weight excluding hydrogens is 367 g/mol. The minimum atomic E-state index is -0.0590. The topological polar surface area (TPSA) is 56.7 Å². The molecular formula is C14H21IN4O. The van der Waals surface area contributed by atoms with E-state index in [1.54, 1.807) is 0 Å². The van der Waals surface area contributed by atoms with Crippen LogP contribution in [0.15, 0.2) is 29.3 Å². The Hall–Kier alpha value is -1.31. The standard InChI is InChI=1S/C14H20N4O.HI/c1-3-11-5-4-6-12(9-11)17-13(19)10-16-14-15-7-8-18(14)2;/h4-6,9H,3,7-8,10H2,1-2H3,(H,15,16)(H,17,19);1H. The molecule has 2 N–H and O–H groups in total. The lowest BCUT2D eigenvalue weighted by Gasteiger charge is -2.15. The Morgan fingerprint density at radius 3 is 2.90 bits per heavy atom. The number of likely N-dealkylation sites (N-methyl/N-ethyl adjacent to an activating group) is 1. The molecule has 1 aromatic carbocycles. The van der Waals surface area contributed by atoms with E-state index in [2.05, 4.69) is 28.6 Å². The van der Waals surface area contributed by atoms with Crippen molar-refractivity contribution >= 4 is 41.5 Å². The van der Waals surface area contributed by atoms with Gasteiger partial charge in [-0.1, -0.05) is 19.1 Å². The zero-order chi connectivity index (χ0) is 13.7. The minimum Gasteiger partial charge on any atom is -0.347 e. The zero-order valence-electron chi connectivity index (χ0n) is 11.8. The lowest BCUT2D eigenvalue weighted by molar-refractivity contribution is -0.115. The quantitative estimate of drug-likeness (QED) is 0.773. The van der Waals surface area contributed by atoms with Crippen LogP contribution in [0.5, 0.6) is 0 Å². The summed E-state index contributed by atoms with van der Waals surface area (Å²) < 4.78 is 0. The van der Waals surface area contributed by atoms with Crippen LogP contribution in [-0.4, -0.2) is 43.4 Å². The Bertz CT molecular complexity index is 490. The Labute approximate surface area is 136 Å². The van der Waals surface area contributed by atoms with Gasteiger partial charge >= 0.3 is 0 Å². The number of benzene rings is 1. The van der Waals surface area contributed by atoms with Gasteiger partial charge in [0.25, 0.3) is 0 Å². The first-order chi connectivity index (χ1) is 9.19. The summed E-state index contributed by atoms with van der Waals surface area (Å²) in [5, 5.41) is 5.92. The summed E-state index contributed by atoms with van der Waals surface area (Å²) in [5.74, 6) is 0.730. The summed E-state index contributed by atoms with van der Waals surface area (Å²) in [6, 6.07) is 7.90. The molecule has 0 saturated carbocycles. The molecule has 0 saturated heterocycles. The molecule has 1 aliphatic rings. The molecule has 0 bridgehead atoms. The molecule has 110 valence electrons. The molecule has 1 aromatic rings. The molecule has 0 radical (unpaired) electrons. The molecule has 6 heteroatoms. The van der Waals surface area contributed by atoms with E-state index in [0.29, 0.717) is 0 Å². The molecule has 2 rings (SSSR count). The number of aryl methyl sites for hydroxylation is 1. The van der Waals surface area contributed by atoms with Crippen molar-refractivity contribution < 1.29 is 4.79 Å². The molecule has 1 amide bonds. The summed E-state index contributed by atoms with van der Waals surface area (Å²) in [4.78, 5) is 18.1. The number of hydrogen-bond acceptors (Lipinski definition) is 4. The number of rotatable bonds is 4. The van der Waals surface area contributed by atoms with Gasteiger partial charge in [0.1, 0.15) is 0 Å². The second-order valence-corrected chi connectivity index (χ2v) is 4.58. The number of guanidine groups is 1. The smallest absolute Gasteiger partial charge is 0.243 e. The third-order valence-corrected chi connectivity index (χ3v) is 3.08. The van der Waals surface area contributed by atoms with Crippen molar-refractivity contribution in [3.63, 3.8) is 0 Å². The molecule has 20 heavy (non-hydrogen) atoms. The van der Waals surface area contributed by atoms with Crippen LogP contribution in [0.4, 0.5) is 5.69 Å². The Balaban J connectivity index is 0.00000200. The number of carbonyl (C=O) groups excluding carboxylic acids is 1. The maximum atomic E-state index is 11.8. The minimum absolute atomic E-state index is 0. The van der Waals surface area contributed by atoms with Gasteiger partial charge in [0.05, 0.1) is 13.1 Å². The molecule has 1 aliphatic heterocycles. The van der Waals surface area contributed by atoms with Gasteiger partial charge in [-0.3, -0.25) is 9.79 Å². The van der Waals surface area contributed by atoms with E-state index in [0.717, 1.165) is 31.2 Å². The van der Waals surface area contributed by atoms with Crippen LogP contribution >= 0.6 is 24.0 Å². The molecule has 0 spiro atoms. The average Bonchev–Trinajstić information content (AvgIpc) is 2.82. The lowest BCUT2D eigenvalue weighted by atomic mass is 10.1. The van der Waals surface area contributed by atoms with E-state index < -0.39 is 0 Å². The number of nitrogens with one attached hydrogen (secondary N) is 2. The highest BCUT2D eigenvalue weighted by Gasteiger charge is 2.12. The number of nitrogens with zero attached hydrogens (tertiary/aromatic N) is 2. The summed E-state index contributed by atoms with van der Waals surface area (Å²) in [5.41, 5.74) is 2.05. The van der Waals surface area contributed by atoms with E-state index in [9.17, 15) is 4.79 Å². The van der Waals surface area contributed by atoms with Crippen LogP contribution in [0.2, 0.25) is 0 Å². The fourth-order valence-electron chi connectivity index (χ4n) is 1.96. The van der Waals surface area contributed by atoms with Gasteiger partial charge in [0.15, 0.2) is 5.96 Å². The molecule has 0 unspecified atom stereocenters. The summed E-state index contributed by atoms with van der Waals surface area (Å²) in [6.45, 7) is 4.03. The van der Waals surface area contributed by atoms with Crippen LogP contribution < -0.4 is 10.6 Å². The molecule has 0 atom stereocenters. The number of carbonyl (C=O) groups is 1. The van der Waals surface area contributed by atoms with Crippen molar-refractivity contribution in [1.29, 1.82) is 0 Å². The summed E-state index contributed by atoms with van der Waals surface area (Å²) in [7, 11) is 1.96. The van der Waals surface area contributed by atoms with Gasteiger partial charge < -0.3 is 15.5 Å². The van der Waals surface area contributed by atoms with Crippen LogP contribution in [0, 0.1) is 0 Å². The van der Waals surface area contributed by atoms with Gasteiger partial charge in [0.2, 0.25) is 5.91 Å². The number of halogens is 1. The lowest BCUT2D eigenvalue weighted by Crippen LogP contribution is -2.39. The van der Waals surface area contributed by atoms with Crippen LogP contribution in [-0.2, 0) is 11.2 Å². The largest absolute Gasteiger partial charge is 0.347 e. The third kappa shape index (κ3) is 4.66. The van der Waals surface area contributed by atoms with Crippen molar-refractivity contribution in [2.45, 2.75) is 13.3 Å². The summed E-state index contributed by atoms with van der Waals surface area (Å²) in [6.07, 6.45) is 0.962. The molecule has 1 heterocycles. The highest BCUT2D eigenvalue weighted by molar-refractivity contribution is 14.0. The first-order valence-electron chi connectivity index (χ1n) is 6.57.